The lowest BCUT2D eigenvalue weighted by atomic mass is 9.91. The van der Waals surface area contributed by atoms with E-state index in [9.17, 15) is 0 Å². The van der Waals surface area contributed by atoms with Crippen molar-refractivity contribution in [3.63, 3.8) is 0 Å². The summed E-state index contributed by atoms with van der Waals surface area (Å²) in [5, 5.41) is 7.54. The molecule has 0 aliphatic heterocycles. The molecule has 3 heteroatoms. The first-order valence-electron chi connectivity index (χ1n) is 7.23. The van der Waals surface area contributed by atoms with Crippen molar-refractivity contribution in [2.75, 3.05) is 7.05 Å². The Balaban J connectivity index is 1.88. The summed E-state index contributed by atoms with van der Waals surface area (Å²) in [6.07, 6.45) is 6.25. The van der Waals surface area contributed by atoms with Crippen LogP contribution >= 0.6 is 0 Å². The molecule has 0 amide bonds. The standard InChI is InChI=1S/C15H27N3/c1-5-6-12-9-13(17-16-12)11-18(4)14-7-8-15(2,3)10-14/h9,14H,5-8,10-11H2,1-4H3,(H,16,17). The van der Waals surface area contributed by atoms with Crippen molar-refractivity contribution in [3.8, 4) is 0 Å². The minimum absolute atomic E-state index is 0.528. The number of H-pyrrole nitrogens is 1. The van der Waals surface area contributed by atoms with E-state index >= 15 is 0 Å². The number of nitrogens with one attached hydrogen (secondary N) is 1. The second-order valence-corrected chi connectivity index (χ2v) is 6.61. The van der Waals surface area contributed by atoms with Crippen molar-refractivity contribution in [2.45, 2.75) is 65.5 Å². The van der Waals surface area contributed by atoms with Crippen LogP contribution in [0.2, 0.25) is 0 Å². The Hall–Kier alpha value is -0.830. The molecule has 1 aromatic heterocycles. The summed E-state index contributed by atoms with van der Waals surface area (Å²) in [6, 6.07) is 2.96. The smallest absolute Gasteiger partial charge is 0.0625 e. The SMILES string of the molecule is CCCc1cc(CN(C)C2CCC(C)(C)C2)[nH]n1. The number of hydrogen-bond acceptors (Lipinski definition) is 2. The zero-order valence-electron chi connectivity index (χ0n) is 12.3. The molecule has 1 aromatic rings. The van der Waals surface area contributed by atoms with Crippen LogP contribution in [0, 0.1) is 5.41 Å². The quantitative estimate of drug-likeness (QED) is 0.867. The van der Waals surface area contributed by atoms with Crippen LogP contribution in [0.15, 0.2) is 6.07 Å². The van der Waals surface area contributed by atoms with E-state index in [2.05, 4.69) is 49.0 Å². The van der Waals surface area contributed by atoms with Gasteiger partial charge < -0.3 is 0 Å². The molecule has 2 rings (SSSR count). The lowest BCUT2D eigenvalue weighted by molar-refractivity contribution is 0.218. The van der Waals surface area contributed by atoms with Gasteiger partial charge in [-0.1, -0.05) is 27.2 Å². The Morgan fingerprint density at radius 1 is 1.50 bits per heavy atom. The minimum atomic E-state index is 0.528. The monoisotopic (exact) mass is 249 g/mol. The summed E-state index contributed by atoms with van der Waals surface area (Å²) in [4.78, 5) is 2.48. The molecule has 1 aliphatic rings. The van der Waals surface area contributed by atoms with E-state index in [0.717, 1.165) is 25.4 Å². The van der Waals surface area contributed by atoms with E-state index in [-0.39, 0.29) is 0 Å². The number of rotatable bonds is 5. The highest BCUT2D eigenvalue weighted by Gasteiger charge is 2.32. The van der Waals surface area contributed by atoms with Gasteiger partial charge in [0.05, 0.1) is 5.69 Å². The summed E-state index contributed by atoms with van der Waals surface area (Å²) in [5.74, 6) is 0. The molecule has 1 atom stereocenters. The number of aryl methyl sites for hydroxylation is 1. The van der Waals surface area contributed by atoms with Gasteiger partial charge in [0, 0.05) is 18.3 Å². The van der Waals surface area contributed by atoms with Crippen LogP contribution in [0.5, 0.6) is 0 Å². The molecular formula is C15H27N3. The molecule has 0 saturated heterocycles. The molecule has 1 saturated carbocycles. The second-order valence-electron chi connectivity index (χ2n) is 6.61. The molecule has 1 fully saturated rings. The van der Waals surface area contributed by atoms with E-state index in [4.69, 9.17) is 0 Å². The molecule has 0 bridgehead atoms. The fourth-order valence-corrected chi connectivity index (χ4v) is 3.05. The summed E-state index contributed by atoms with van der Waals surface area (Å²) in [5.41, 5.74) is 2.98. The van der Waals surface area contributed by atoms with Gasteiger partial charge in [-0.15, -0.1) is 0 Å². The predicted octanol–water partition coefficient (Wildman–Crippen LogP) is 3.37. The third-order valence-corrected chi connectivity index (χ3v) is 4.18. The van der Waals surface area contributed by atoms with Crippen molar-refractivity contribution in [1.29, 1.82) is 0 Å². The van der Waals surface area contributed by atoms with Crippen molar-refractivity contribution < 1.29 is 0 Å². The second kappa shape index (κ2) is 5.43. The summed E-state index contributed by atoms with van der Waals surface area (Å²) >= 11 is 0. The third-order valence-electron chi connectivity index (χ3n) is 4.18. The van der Waals surface area contributed by atoms with Gasteiger partial charge in [-0.25, -0.2) is 0 Å². The topological polar surface area (TPSA) is 31.9 Å². The van der Waals surface area contributed by atoms with Gasteiger partial charge in [0.1, 0.15) is 0 Å². The van der Waals surface area contributed by atoms with Crippen molar-refractivity contribution in [1.82, 2.24) is 15.1 Å². The van der Waals surface area contributed by atoms with E-state index in [1.54, 1.807) is 0 Å². The largest absolute Gasteiger partial charge is 0.298 e. The van der Waals surface area contributed by atoms with Crippen molar-refractivity contribution >= 4 is 0 Å². The Kier molecular flexibility index (Phi) is 4.10. The third kappa shape index (κ3) is 3.35. The van der Waals surface area contributed by atoms with E-state index in [1.807, 2.05) is 0 Å². The summed E-state index contributed by atoms with van der Waals surface area (Å²) in [6.45, 7) is 7.96. The van der Waals surface area contributed by atoms with Crippen molar-refractivity contribution in [2.24, 2.45) is 5.41 Å². The highest BCUT2D eigenvalue weighted by atomic mass is 15.2. The first kappa shape index (κ1) is 13.6. The molecule has 0 radical (unpaired) electrons. The zero-order valence-corrected chi connectivity index (χ0v) is 12.3. The number of nitrogens with zero attached hydrogens (tertiary/aromatic N) is 2. The molecule has 18 heavy (non-hydrogen) atoms. The maximum Gasteiger partial charge on any atom is 0.0625 e. The van der Waals surface area contributed by atoms with Gasteiger partial charge in [0.2, 0.25) is 0 Å². The highest BCUT2D eigenvalue weighted by molar-refractivity contribution is 5.09. The zero-order chi connectivity index (χ0) is 13.2. The highest BCUT2D eigenvalue weighted by Crippen LogP contribution is 2.39. The van der Waals surface area contributed by atoms with Crippen LogP contribution in [-0.2, 0) is 13.0 Å². The molecule has 1 N–H and O–H groups in total. The van der Waals surface area contributed by atoms with E-state index < -0.39 is 0 Å². The van der Waals surface area contributed by atoms with Crippen molar-refractivity contribution in [3.05, 3.63) is 17.5 Å². The van der Waals surface area contributed by atoms with Gasteiger partial charge in [0.15, 0.2) is 0 Å². The average Bonchev–Trinajstić information content (AvgIpc) is 2.86. The van der Waals surface area contributed by atoms with Gasteiger partial charge in [0.25, 0.3) is 0 Å². The van der Waals surface area contributed by atoms with Crippen LogP contribution in [-0.4, -0.2) is 28.2 Å². The van der Waals surface area contributed by atoms with Crippen LogP contribution in [0.25, 0.3) is 0 Å². The Bertz CT molecular complexity index is 381. The number of aromatic nitrogens is 2. The maximum atomic E-state index is 4.36. The van der Waals surface area contributed by atoms with Gasteiger partial charge in [-0.05, 0) is 44.2 Å². The fourth-order valence-electron chi connectivity index (χ4n) is 3.05. The molecule has 1 unspecified atom stereocenters. The minimum Gasteiger partial charge on any atom is -0.298 e. The van der Waals surface area contributed by atoms with Gasteiger partial charge in [-0.2, -0.15) is 5.10 Å². The number of hydrogen-bond donors (Lipinski definition) is 1. The van der Waals surface area contributed by atoms with Crippen LogP contribution in [0.1, 0.15) is 57.8 Å². The van der Waals surface area contributed by atoms with Crippen LogP contribution < -0.4 is 0 Å². The summed E-state index contributed by atoms with van der Waals surface area (Å²) in [7, 11) is 2.24. The number of aromatic amines is 1. The van der Waals surface area contributed by atoms with Gasteiger partial charge >= 0.3 is 0 Å². The first-order chi connectivity index (χ1) is 8.50. The van der Waals surface area contributed by atoms with Gasteiger partial charge in [-0.3, -0.25) is 10.00 Å². The lowest BCUT2D eigenvalue weighted by Crippen LogP contribution is -2.29. The lowest BCUT2D eigenvalue weighted by Gasteiger charge is -2.25. The molecule has 102 valence electrons. The average molecular weight is 249 g/mol. The predicted molar refractivity (Wildman–Crippen MR) is 75.5 cm³/mol. The first-order valence-corrected chi connectivity index (χ1v) is 7.23. The van der Waals surface area contributed by atoms with E-state index in [1.165, 1.54) is 30.7 Å². The Morgan fingerprint density at radius 3 is 2.89 bits per heavy atom. The van der Waals surface area contributed by atoms with E-state index in [0.29, 0.717) is 5.41 Å². The molecule has 3 nitrogen and oxygen atoms in total. The Morgan fingerprint density at radius 2 is 2.28 bits per heavy atom. The molecule has 1 aliphatic carbocycles. The maximum absolute atomic E-state index is 4.36. The van der Waals surface area contributed by atoms with Crippen LogP contribution in [0.3, 0.4) is 0 Å². The molecule has 1 heterocycles. The Labute approximate surface area is 111 Å². The molecular weight excluding hydrogens is 222 g/mol. The van der Waals surface area contributed by atoms with Crippen LogP contribution in [0.4, 0.5) is 0 Å². The fraction of sp³-hybridized carbons (Fsp3) is 0.800. The summed E-state index contributed by atoms with van der Waals surface area (Å²) < 4.78 is 0. The normalized spacial score (nSPS) is 22.8. The molecule has 0 spiro atoms. The molecule has 0 aromatic carbocycles.